The second-order valence-electron chi connectivity index (χ2n) is 2.54. The van der Waals surface area contributed by atoms with Crippen molar-refractivity contribution in [2.24, 2.45) is 5.73 Å². The minimum absolute atomic E-state index is 0.223. The Balaban J connectivity index is 2.92. The number of aromatic nitrogens is 2. The van der Waals surface area contributed by atoms with Crippen molar-refractivity contribution in [1.29, 1.82) is 0 Å². The molecule has 0 fully saturated rings. The fraction of sp³-hybridized carbons (Fsp3) is 0.429. The first-order chi connectivity index (χ1) is 5.65. The molecule has 0 saturated heterocycles. The van der Waals surface area contributed by atoms with Crippen molar-refractivity contribution in [3.8, 4) is 0 Å². The van der Waals surface area contributed by atoms with Crippen molar-refractivity contribution < 1.29 is 4.79 Å². The molecule has 5 heteroatoms. The SMILES string of the molecule is CCCn1cc(C(N)=O)nc1N. The number of nitrogens with zero attached hydrogens (tertiary/aromatic N) is 2. The predicted octanol–water partition coefficient (Wildman–Crippen LogP) is -0.0258. The summed E-state index contributed by atoms with van der Waals surface area (Å²) in [4.78, 5) is 14.5. The second-order valence-corrected chi connectivity index (χ2v) is 2.54. The molecule has 1 heterocycles. The van der Waals surface area contributed by atoms with Crippen LogP contribution in [0.4, 0.5) is 5.95 Å². The molecule has 0 bridgehead atoms. The van der Waals surface area contributed by atoms with E-state index in [1.807, 2.05) is 6.92 Å². The topological polar surface area (TPSA) is 86.9 Å². The van der Waals surface area contributed by atoms with E-state index in [4.69, 9.17) is 11.5 Å². The summed E-state index contributed by atoms with van der Waals surface area (Å²) in [7, 11) is 0. The van der Waals surface area contributed by atoms with E-state index in [2.05, 4.69) is 4.98 Å². The minimum Gasteiger partial charge on any atom is -0.369 e. The molecule has 12 heavy (non-hydrogen) atoms. The van der Waals surface area contributed by atoms with Gasteiger partial charge in [-0.3, -0.25) is 4.79 Å². The molecule has 1 aromatic rings. The number of hydrogen-bond acceptors (Lipinski definition) is 3. The number of nitrogens with two attached hydrogens (primary N) is 2. The van der Waals surface area contributed by atoms with Crippen LogP contribution in [0.3, 0.4) is 0 Å². The van der Waals surface area contributed by atoms with E-state index in [-0.39, 0.29) is 5.69 Å². The standard InChI is InChI=1S/C7H12N4O/c1-2-3-11-4-5(6(8)12)10-7(11)9/h4H,2-3H2,1H3,(H2,8,12)(H2,9,10). The predicted molar refractivity (Wildman–Crippen MR) is 45.4 cm³/mol. The van der Waals surface area contributed by atoms with E-state index in [0.717, 1.165) is 13.0 Å². The van der Waals surface area contributed by atoms with Crippen molar-refractivity contribution in [3.05, 3.63) is 11.9 Å². The number of hydrogen-bond donors (Lipinski definition) is 2. The van der Waals surface area contributed by atoms with Crippen molar-refractivity contribution in [2.75, 3.05) is 5.73 Å². The van der Waals surface area contributed by atoms with Gasteiger partial charge in [-0.25, -0.2) is 4.98 Å². The van der Waals surface area contributed by atoms with E-state index in [0.29, 0.717) is 5.95 Å². The third-order valence-corrected chi connectivity index (χ3v) is 1.52. The molecule has 5 nitrogen and oxygen atoms in total. The van der Waals surface area contributed by atoms with Crippen LogP contribution in [-0.4, -0.2) is 15.5 Å². The Labute approximate surface area is 70.4 Å². The molecule has 0 saturated carbocycles. The fourth-order valence-corrected chi connectivity index (χ4v) is 0.969. The van der Waals surface area contributed by atoms with Crippen molar-refractivity contribution in [2.45, 2.75) is 19.9 Å². The number of aryl methyl sites for hydroxylation is 1. The van der Waals surface area contributed by atoms with E-state index in [1.54, 1.807) is 10.8 Å². The lowest BCUT2D eigenvalue weighted by atomic mass is 10.4. The van der Waals surface area contributed by atoms with Gasteiger partial charge in [0, 0.05) is 12.7 Å². The van der Waals surface area contributed by atoms with Gasteiger partial charge in [0.25, 0.3) is 5.91 Å². The van der Waals surface area contributed by atoms with E-state index in [1.165, 1.54) is 0 Å². The Morgan fingerprint density at radius 2 is 2.42 bits per heavy atom. The van der Waals surface area contributed by atoms with Crippen molar-refractivity contribution in [1.82, 2.24) is 9.55 Å². The van der Waals surface area contributed by atoms with Crippen LogP contribution in [0.25, 0.3) is 0 Å². The molecular formula is C7H12N4O. The largest absolute Gasteiger partial charge is 0.369 e. The Bertz CT molecular complexity index is 292. The maximum Gasteiger partial charge on any atom is 0.268 e. The van der Waals surface area contributed by atoms with Gasteiger partial charge < -0.3 is 16.0 Å². The zero-order valence-electron chi connectivity index (χ0n) is 6.95. The summed E-state index contributed by atoms with van der Waals surface area (Å²) in [6, 6.07) is 0. The van der Waals surface area contributed by atoms with Gasteiger partial charge in [-0.1, -0.05) is 6.92 Å². The first-order valence-electron chi connectivity index (χ1n) is 3.77. The maximum absolute atomic E-state index is 10.7. The first kappa shape index (κ1) is 8.58. The highest BCUT2D eigenvalue weighted by Gasteiger charge is 2.07. The summed E-state index contributed by atoms with van der Waals surface area (Å²) in [5.41, 5.74) is 10.8. The van der Waals surface area contributed by atoms with Crippen LogP contribution >= 0.6 is 0 Å². The van der Waals surface area contributed by atoms with Crippen LogP contribution < -0.4 is 11.5 Å². The van der Waals surface area contributed by atoms with Crippen LogP contribution in [-0.2, 0) is 6.54 Å². The lowest BCUT2D eigenvalue weighted by molar-refractivity contribution is 0.0996. The second kappa shape index (κ2) is 3.25. The molecule has 1 aromatic heterocycles. The van der Waals surface area contributed by atoms with Gasteiger partial charge in [0.2, 0.25) is 5.95 Å². The maximum atomic E-state index is 10.7. The van der Waals surface area contributed by atoms with Crippen LogP contribution in [0, 0.1) is 0 Å². The Morgan fingerprint density at radius 1 is 1.75 bits per heavy atom. The summed E-state index contributed by atoms with van der Waals surface area (Å²) in [5, 5.41) is 0. The quantitative estimate of drug-likeness (QED) is 0.664. The summed E-state index contributed by atoms with van der Waals surface area (Å²) < 4.78 is 1.71. The summed E-state index contributed by atoms with van der Waals surface area (Å²) in [6.07, 6.45) is 2.51. The third kappa shape index (κ3) is 1.55. The van der Waals surface area contributed by atoms with Gasteiger partial charge in [0.15, 0.2) is 0 Å². The highest BCUT2D eigenvalue weighted by Crippen LogP contribution is 2.04. The van der Waals surface area contributed by atoms with Gasteiger partial charge in [0.1, 0.15) is 5.69 Å². The molecule has 0 aliphatic heterocycles. The monoisotopic (exact) mass is 168 g/mol. The molecule has 0 aromatic carbocycles. The van der Waals surface area contributed by atoms with Gasteiger partial charge in [-0.05, 0) is 6.42 Å². The molecule has 0 spiro atoms. The summed E-state index contributed by atoms with van der Waals surface area (Å²) >= 11 is 0. The molecule has 0 atom stereocenters. The first-order valence-corrected chi connectivity index (χ1v) is 3.77. The smallest absolute Gasteiger partial charge is 0.268 e. The number of carbonyl (C=O) groups is 1. The highest BCUT2D eigenvalue weighted by molar-refractivity contribution is 5.90. The lowest BCUT2D eigenvalue weighted by Gasteiger charge is -1.98. The summed E-state index contributed by atoms with van der Waals surface area (Å²) in [6.45, 7) is 2.77. The zero-order valence-corrected chi connectivity index (χ0v) is 6.95. The minimum atomic E-state index is -0.545. The number of primary amides is 1. The van der Waals surface area contributed by atoms with Gasteiger partial charge in [0.05, 0.1) is 0 Å². The molecule has 0 radical (unpaired) electrons. The number of imidazole rings is 1. The van der Waals surface area contributed by atoms with Crippen molar-refractivity contribution >= 4 is 11.9 Å². The highest BCUT2D eigenvalue weighted by atomic mass is 16.1. The molecule has 0 unspecified atom stereocenters. The Kier molecular flexibility index (Phi) is 2.32. The van der Waals surface area contributed by atoms with E-state index >= 15 is 0 Å². The summed E-state index contributed by atoms with van der Waals surface area (Å²) in [5.74, 6) is -0.206. The number of amides is 1. The molecule has 4 N–H and O–H groups in total. The number of anilines is 1. The normalized spacial score (nSPS) is 10.1. The molecule has 1 amide bonds. The number of rotatable bonds is 3. The molecule has 0 aliphatic rings. The average Bonchev–Trinajstić information content (AvgIpc) is 2.34. The van der Waals surface area contributed by atoms with Gasteiger partial charge in [-0.2, -0.15) is 0 Å². The Hall–Kier alpha value is -1.52. The van der Waals surface area contributed by atoms with Crippen LogP contribution in [0.2, 0.25) is 0 Å². The zero-order chi connectivity index (χ0) is 9.14. The molecule has 1 rings (SSSR count). The Morgan fingerprint density at radius 3 is 2.83 bits per heavy atom. The van der Waals surface area contributed by atoms with E-state index in [9.17, 15) is 4.79 Å². The third-order valence-electron chi connectivity index (χ3n) is 1.52. The van der Waals surface area contributed by atoms with Crippen LogP contribution in [0.5, 0.6) is 0 Å². The fourth-order valence-electron chi connectivity index (χ4n) is 0.969. The van der Waals surface area contributed by atoms with E-state index < -0.39 is 5.91 Å². The van der Waals surface area contributed by atoms with Crippen LogP contribution in [0.15, 0.2) is 6.20 Å². The van der Waals surface area contributed by atoms with Gasteiger partial charge in [-0.15, -0.1) is 0 Å². The number of nitrogen functional groups attached to an aromatic ring is 1. The average molecular weight is 168 g/mol. The number of carbonyl (C=O) groups excluding carboxylic acids is 1. The molecule has 66 valence electrons. The lowest BCUT2D eigenvalue weighted by Crippen LogP contribution is -2.11. The van der Waals surface area contributed by atoms with Crippen LogP contribution in [0.1, 0.15) is 23.8 Å². The van der Waals surface area contributed by atoms with Gasteiger partial charge >= 0.3 is 0 Å². The molecular weight excluding hydrogens is 156 g/mol. The van der Waals surface area contributed by atoms with Crippen molar-refractivity contribution in [3.63, 3.8) is 0 Å². The molecule has 0 aliphatic carbocycles.